The molecule has 1 amide bonds. The van der Waals surface area contributed by atoms with E-state index in [2.05, 4.69) is 5.32 Å². The molecule has 3 heterocycles. The predicted octanol–water partition coefficient (Wildman–Crippen LogP) is 4.47. The number of hydrogen-bond donors (Lipinski definition) is 2. The monoisotopic (exact) mass is 569 g/mol. The Morgan fingerprint density at radius 3 is 2.42 bits per heavy atom. The second kappa shape index (κ2) is 10.9. The minimum atomic E-state index is -3.76. The molecule has 0 bridgehead atoms. The number of furan rings is 1. The number of aryl methyl sites for hydroxylation is 1. The summed E-state index contributed by atoms with van der Waals surface area (Å²) < 4.78 is 39.0. The van der Waals surface area contributed by atoms with E-state index in [0.717, 1.165) is 30.2 Å². The molecular formula is C29H35N3O7S. The summed E-state index contributed by atoms with van der Waals surface area (Å²) in [6.45, 7) is 2.81. The van der Waals surface area contributed by atoms with Gasteiger partial charge in [-0.3, -0.25) is 13.9 Å². The van der Waals surface area contributed by atoms with Crippen LogP contribution < -0.4 is 9.62 Å². The van der Waals surface area contributed by atoms with Gasteiger partial charge in [0.2, 0.25) is 15.7 Å². The molecule has 5 rings (SSSR count). The second-order valence-corrected chi connectivity index (χ2v) is 12.8. The van der Waals surface area contributed by atoms with Crippen LogP contribution in [0.4, 0.5) is 5.82 Å². The number of fused-ring (bicyclic) bond motifs is 1. The van der Waals surface area contributed by atoms with Gasteiger partial charge in [0.1, 0.15) is 11.6 Å². The molecule has 2 aliphatic rings. The molecule has 0 radical (unpaired) electrons. The van der Waals surface area contributed by atoms with Crippen LogP contribution >= 0.6 is 0 Å². The first-order valence-corrected chi connectivity index (χ1v) is 15.4. The molecular weight excluding hydrogens is 534 g/mol. The zero-order valence-electron chi connectivity index (χ0n) is 23.0. The van der Waals surface area contributed by atoms with Crippen LogP contribution in [-0.2, 0) is 19.6 Å². The van der Waals surface area contributed by atoms with Crippen molar-refractivity contribution in [1.82, 2.24) is 10.3 Å². The highest BCUT2D eigenvalue weighted by molar-refractivity contribution is 7.92. The van der Waals surface area contributed by atoms with Gasteiger partial charge in [-0.25, -0.2) is 8.42 Å². The summed E-state index contributed by atoms with van der Waals surface area (Å²) in [6, 6.07) is 9.45. The molecule has 2 N–H and O–H groups in total. The third-order valence-electron chi connectivity index (χ3n) is 8.03. The number of ether oxygens (including phenoxy) is 1. The van der Waals surface area contributed by atoms with Gasteiger partial charge in [-0.05, 0) is 63.0 Å². The summed E-state index contributed by atoms with van der Waals surface area (Å²) in [6.07, 6.45) is 4.38. The lowest BCUT2D eigenvalue weighted by Gasteiger charge is -2.34. The highest BCUT2D eigenvalue weighted by Gasteiger charge is 2.40. The van der Waals surface area contributed by atoms with Gasteiger partial charge < -0.3 is 19.6 Å². The SMILES string of the molecule is CNC(=O)c1c(-c2ccc(C)cc2)oc2nc(N(CCCC3(C(=O)O)CCOCC3)S(C)(=O)=O)c(C3CC3)cc12. The summed E-state index contributed by atoms with van der Waals surface area (Å²) in [5.41, 5.74) is 2.13. The molecule has 0 unspecified atom stereocenters. The zero-order valence-corrected chi connectivity index (χ0v) is 23.8. The highest BCUT2D eigenvalue weighted by Crippen LogP contribution is 2.47. The minimum Gasteiger partial charge on any atom is -0.481 e. The Bertz CT molecular complexity index is 1540. The number of nitrogens with one attached hydrogen (secondary N) is 1. The lowest BCUT2D eigenvalue weighted by molar-refractivity contribution is -0.155. The van der Waals surface area contributed by atoms with Crippen LogP contribution in [0.1, 0.15) is 65.9 Å². The number of amides is 1. The summed E-state index contributed by atoms with van der Waals surface area (Å²) in [4.78, 5) is 29.9. The molecule has 0 atom stereocenters. The Hall–Kier alpha value is -3.44. The van der Waals surface area contributed by atoms with Crippen LogP contribution in [0.2, 0.25) is 0 Å². The lowest BCUT2D eigenvalue weighted by atomic mass is 9.76. The van der Waals surface area contributed by atoms with Crippen LogP contribution in [0.25, 0.3) is 22.4 Å². The van der Waals surface area contributed by atoms with Gasteiger partial charge in [0, 0.05) is 32.4 Å². The van der Waals surface area contributed by atoms with Gasteiger partial charge in [0.25, 0.3) is 5.91 Å². The maximum absolute atomic E-state index is 13.1. The van der Waals surface area contributed by atoms with E-state index in [1.807, 2.05) is 37.3 Å². The molecule has 1 aromatic carbocycles. The fourth-order valence-corrected chi connectivity index (χ4v) is 6.43. The lowest BCUT2D eigenvalue weighted by Crippen LogP contribution is -2.39. The van der Waals surface area contributed by atoms with Crippen molar-refractivity contribution in [2.45, 2.75) is 51.4 Å². The Morgan fingerprint density at radius 2 is 1.85 bits per heavy atom. The number of aromatic nitrogens is 1. The minimum absolute atomic E-state index is 0.0841. The standard InChI is InChI=1S/C29H35N3O7S/c1-18-5-7-20(8-6-18)24-23(26(33)30-2)22-17-21(19-9-10-19)25(31-27(22)39-24)32(40(3,36)37)14-4-11-29(28(34)35)12-15-38-16-13-29/h5-8,17,19H,4,9-16H2,1-3H3,(H,30,33)(H,34,35). The van der Waals surface area contributed by atoms with E-state index in [-0.39, 0.29) is 29.9 Å². The van der Waals surface area contributed by atoms with Gasteiger partial charge in [0.05, 0.1) is 22.6 Å². The van der Waals surface area contributed by atoms with Crippen LogP contribution in [0.15, 0.2) is 34.7 Å². The number of rotatable bonds is 10. The summed E-state index contributed by atoms with van der Waals surface area (Å²) in [5.74, 6) is -0.426. The number of carboxylic acids is 1. The number of benzene rings is 1. The van der Waals surface area contributed by atoms with Gasteiger partial charge in [-0.1, -0.05) is 29.8 Å². The van der Waals surface area contributed by atoms with Gasteiger partial charge in [-0.15, -0.1) is 0 Å². The van der Waals surface area contributed by atoms with E-state index in [9.17, 15) is 23.1 Å². The van der Waals surface area contributed by atoms with Crippen LogP contribution in [-0.4, -0.2) is 63.4 Å². The maximum atomic E-state index is 13.1. The average molecular weight is 570 g/mol. The van der Waals surface area contributed by atoms with E-state index >= 15 is 0 Å². The van der Waals surface area contributed by atoms with Crippen molar-refractivity contribution in [3.8, 4) is 11.3 Å². The van der Waals surface area contributed by atoms with Crippen molar-refractivity contribution in [2.75, 3.05) is 37.4 Å². The van der Waals surface area contributed by atoms with Crippen LogP contribution in [0.5, 0.6) is 0 Å². The van der Waals surface area contributed by atoms with Crippen molar-refractivity contribution >= 4 is 38.8 Å². The van der Waals surface area contributed by atoms with Crippen LogP contribution in [0.3, 0.4) is 0 Å². The maximum Gasteiger partial charge on any atom is 0.309 e. The van der Waals surface area contributed by atoms with E-state index in [1.165, 1.54) is 4.31 Å². The number of nitrogens with zero attached hydrogens (tertiary/aromatic N) is 2. The number of anilines is 1. The third-order valence-corrected chi connectivity index (χ3v) is 9.19. The number of carbonyl (C=O) groups is 2. The highest BCUT2D eigenvalue weighted by atomic mass is 32.2. The Labute approximate surface area is 233 Å². The molecule has 1 aliphatic heterocycles. The van der Waals surface area contributed by atoms with Crippen molar-refractivity contribution in [3.05, 3.63) is 47.0 Å². The summed E-state index contributed by atoms with van der Waals surface area (Å²) in [5, 5.41) is 13.1. The van der Waals surface area contributed by atoms with E-state index in [4.69, 9.17) is 14.1 Å². The summed E-state index contributed by atoms with van der Waals surface area (Å²) in [7, 11) is -2.21. The molecule has 2 aromatic heterocycles. The van der Waals surface area contributed by atoms with E-state index in [0.29, 0.717) is 61.2 Å². The quantitative estimate of drug-likeness (QED) is 0.365. The number of aliphatic carboxylic acids is 1. The Kier molecular flexibility index (Phi) is 7.62. The van der Waals surface area contributed by atoms with Crippen molar-refractivity contribution in [2.24, 2.45) is 5.41 Å². The number of hydrogen-bond acceptors (Lipinski definition) is 7. The van der Waals surface area contributed by atoms with Gasteiger partial charge in [-0.2, -0.15) is 4.98 Å². The number of carboxylic acid groups (broad SMARTS) is 1. The topological polar surface area (TPSA) is 139 Å². The third kappa shape index (κ3) is 5.44. The molecule has 3 aromatic rings. The smallest absolute Gasteiger partial charge is 0.309 e. The molecule has 40 heavy (non-hydrogen) atoms. The first-order valence-electron chi connectivity index (χ1n) is 13.6. The molecule has 1 saturated heterocycles. The van der Waals surface area contributed by atoms with Gasteiger partial charge >= 0.3 is 5.97 Å². The zero-order chi connectivity index (χ0) is 28.7. The van der Waals surface area contributed by atoms with E-state index < -0.39 is 21.4 Å². The Morgan fingerprint density at radius 1 is 1.18 bits per heavy atom. The molecule has 10 nitrogen and oxygen atoms in total. The molecule has 1 saturated carbocycles. The largest absolute Gasteiger partial charge is 0.481 e. The van der Waals surface area contributed by atoms with Gasteiger partial charge in [0.15, 0.2) is 0 Å². The van der Waals surface area contributed by atoms with Crippen molar-refractivity contribution < 1.29 is 32.3 Å². The van der Waals surface area contributed by atoms with E-state index in [1.54, 1.807) is 7.05 Å². The predicted molar refractivity (Wildman–Crippen MR) is 151 cm³/mol. The van der Waals surface area contributed by atoms with Crippen LogP contribution in [0, 0.1) is 12.3 Å². The first kappa shape index (κ1) is 28.1. The molecule has 214 valence electrons. The number of sulfonamides is 1. The van der Waals surface area contributed by atoms with Crippen molar-refractivity contribution in [3.63, 3.8) is 0 Å². The molecule has 0 spiro atoms. The first-order chi connectivity index (χ1) is 19.0. The normalized spacial score (nSPS) is 17.1. The fourth-order valence-electron chi connectivity index (χ4n) is 5.51. The number of pyridine rings is 1. The van der Waals surface area contributed by atoms with Crippen molar-refractivity contribution in [1.29, 1.82) is 0 Å². The number of carbonyl (C=O) groups excluding carboxylic acids is 1. The second-order valence-electron chi connectivity index (χ2n) is 10.9. The Balaban J connectivity index is 1.57. The fraction of sp³-hybridized carbons (Fsp3) is 0.483. The molecule has 1 aliphatic carbocycles. The summed E-state index contributed by atoms with van der Waals surface area (Å²) >= 11 is 0. The molecule has 11 heteroatoms. The average Bonchev–Trinajstić information content (AvgIpc) is 3.70. The molecule has 2 fully saturated rings.